The van der Waals surface area contributed by atoms with Gasteiger partial charge in [-0.15, -0.1) is 0 Å². The van der Waals surface area contributed by atoms with Gasteiger partial charge in [0.05, 0.1) is 38.8 Å². The number of ether oxygens (including phenoxy) is 1. The Labute approximate surface area is 258 Å². The Bertz CT molecular complexity index is 1890. The number of fused-ring (bicyclic) bond motifs is 2. The third-order valence-electron chi connectivity index (χ3n) is 7.34. The molecule has 6 rings (SSSR count). The van der Waals surface area contributed by atoms with Crippen LogP contribution in [0, 0.1) is 11.8 Å². The molecule has 0 aliphatic heterocycles. The minimum atomic E-state index is -0.348. The van der Waals surface area contributed by atoms with E-state index in [-0.39, 0.29) is 15.7 Å². The summed E-state index contributed by atoms with van der Waals surface area (Å²) in [5.41, 5.74) is 11.7. The highest BCUT2D eigenvalue weighted by atomic mass is 32.1. The van der Waals surface area contributed by atoms with Crippen molar-refractivity contribution in [1.82, 2.24) is 14.1 Å². The Balaban J connectivity index is 0.000000207. The molecule has 5 aromatic rings. The van der Waals surface area contributed by atoms with E-state index in [1.807, 2.05) is 57.8 Å². The van der Waals surface area contributed by atoms with Crippen LogP contribution in [0.5, 0.6) is 0 Å². The first kappa shape index (κ1) is 30.7. The first-order chi connectivity index (χ1) is 20.5. The molecule has 0 saturated heterocycles. The molecular formula is C33H38N4O4S2. The lowest BCUT2D eigenvalue weighted by atomic mass is 10.0. The molecule has 0 unspecified atom stereocenters. The molecule has 0 amide bonds. The number of methoxy groups -OCH3 is 1. The largest absolute Gasteiger partial charge is 0.465 e. The molecule has 1 aliphatic rings. The van der Waals surface area contributed by atoms with E-state index in [9.17, 15) is 14.4 Å². The van der Waals surface area contributed by atoms with Crippen molar-refractivity contribution in [3.63, 3.8) is 0 Å². The molecule has 2 N–H and O–H groups in total. The molecule has 3 aromatic heterocycles. The zero-order valence-electron chi connectivity index (χ0n) is 25.3. The van der Waals surface area contributed by atoms with Gasteiger partial charge in [0.25, 0.3) is 0 Å². The molecule has 1 aliphatic carbocycles. The summed E-state index contributed by atoms with van der Waals surface area (Å²) >= 11 is 2.53. The number of hydrogen-bond acceptors (Lipinski definition) is 8. The molecule has 1 fully saturated rings. The van der Waals surface area contributed by atoms with Gasteiger partial charge in [0.1, 0.15) is 0 Å². The third kappa shape index (κ3) is 7.08. The van der Waals surface area contributed by atoms with Crippen LogP contribution in [0.3, 0.4) is 0 Å². The van der Waals surface area contributed by atoms with Crippen molar-refractivity contribution in [2.24, 2.45) is 11.8 Å². The van der Waals surface area contributed by atoms with E-state index in [4.69, 9.17) is 10.5 Å². The average Bonchev–Trinajstić information content (AvgIpc) is 3.71. The van der Waals surface area contributed by atoms with Crippen LogP contribution in [0.25, 0.3) is 20.4 Å². The predicted octanol–water partition coefficient (Wildman–Crippen LogP) is 6.67. The normalized spacial score (nSPS) is 13.1. The summed E-state index contributed by atoms with van der Waals surface area (Å²) in [5.74, 6) is 1.06. The lowest BCUT2D eigenvalue weighted by Gasteiger charge is -2.10. The number of hydrogen-bond donors (Lipinski definition) is 1. The SMILES string of the molecule is CC(C)Cn1c(=O)sc2cc(N)ccc21.COC(=O)c1cc(C2CC2)cnc1Cc1ccc2c(c1)sc(=O)n2CC(C)C. The number of carbonyl (C=O) groups excluding carboxylic acids is 1. The second-order valence-corrected chi connectivity index (χ2v) is 14.0. The summed E-state index contributed by atoms with van der Waals surface area (Å²) in [6, 6.07) is 13.6. The maximum absolute atomic E-state index is 12.3. The number of thiazole rings is 2. The van der Waals surface area contributed by atoms with Gasteiger partial charge in [0.2, 0.25) is 0 Å². The van der Waals surface area contributed by atoms with E-state index in [1.54, 1.807) is 0 Å². The molecule has 226 valence electrons. The lowest BCUT2D eigenvalue weighted by molar-refractivity contribution is 0.0599. The van der Waals surface area contributed by atoms with Gasteiger partial charge < -0.3 is 10.5 Å². The van der Waals surface area contributed by atoms with E-state index in [2.05, 4.69) is 32.7 Å². The molecule has 10 heteroatoms. The zero-order valence-corrected chi connectivity index (χ0v) is 26.9. The topological polar surface area (TPSA) is 109 Å². The molecule has 1 saturated carbocycles. The number of nitrogens with zero attached hydrogens (tertiary/aromatic N) is 3. The molecule has 0 atom stereocenters. The quantitative estimate of drug-likeness (QED) is 0.154. The first-order valence-corrected chi connectivity index (χ1v) is 16.3. The van der Waals surface area contributed by atoms with Gasteiger partial charge in [-0.3, -0.25) is 23.7 Å². The minimum absolute atomic E-state index is 0.0722. The molecule has 0 spiro atoms. The van der Waals surface area contributed by atoms with Crippen LogP contribution in [0.15, 0.2) is 58.3 Å². The Morgan fingerprint density at radius 1 is 0.930 bits per heavy atom. The minimum Gasteiger partial charge on any atom is -0.465 e. The van der Waals surface area contributed by atoms with E-state index in [1.165, 1.54) is 29.8 Å². The van der Waals surface area contributed by atoms with E-state index in [0.717, 1.165) is 57.5 Å². The summed E-state index contributed by atoms with van der Waals surface area (Å²) in [6.45, 7) is 9.91. The van der Waals surface area contributed by atoms with Crippen molar-refractivity contribution >= 4 is 54.8 Å². The second-order valence-electron chi connectivity index (χ2n) is 12.0. The van der Waals surface area contributed by atoms with Crippen molar-refractivity contribution in [2.75, 3.05) is 12.8 Å². The molecular weight excluding hydrogens is 581 g/mol. The molecule has 0 bridgehead atoms. The van der Waals surface area contributed by atoms with Crippen LogP contribution < -0.4 is 15.5 Å². The standard InChI is InChI=1S/C22H24N2O3S.C11H14N2OS/c1-13(2)12-24-19-7-4-14(9-20(19)28-22(24)26)8-18-17(21(25)27-3)10-16(11-23-18)15-5-6-15;1-7(2)6-13-9-4-3-8(12)5-10(9)15-11(13)14/h4,7,9-11,13,15H,5-6,8,12H2,1-3H3;3-5,7H,6,12H2,1-2H3. The van der Waals surface area contributed by atoms with Crippen LogP contribution in [0.4, 0.5) is 5.69 Å². The van der Waals surface area contributed by atoms with Gasteiger partial charge in [-0.2, -0.15) is 0 Å². The maximum atomic E-state index is 12.3. The number of benzene rings is 2. The highest BCUT2D eigenvalue weighted by molar-refractivity contribution is 7.16. The molecule has 0 radical (unpaired) electrons. The summed E-state index contributed by atoms with van der Waals surface area (Å²) < 4.78 is 10.6. The van der Waals surface area contributed by atoms with Gasteiger partial charge >= 0.3 is 15.7 Å². The number of rotatable bonds is 8. The van der Waals surface area contributed by atoms with Crippen LogP contribution >= 0.6 is 22.7 Å². The van der Waals surface area contributed by atoms with Gasteiger partial charge in [0, 0.05) is 31.4 Å². The van der Waals surface area contributed by atoms with Crippen LogP contribution in [0.1, 0.15) is 73.6 Å². The van der Waals surface area contributed by atoms with Gasteiger partial charge in [-0.25, -0.2) is 4.79 Å². The fraction of sp³-hybridized carbons (Fsp3) is 0.394. The Morgan fingerprint density at radius 2 is 1.51 bits per heavy atom. The van der Waals surface area contributed by atoms with Crippen molar-refractivity contribution < 1.29 is 9.53 Å². The van der Waals surface area contributed by atoms with Crippen molar-refractivity contribution in [3.05, 3.63) is 90.4 Å². The molecule has 8 nitrogen and oxygen atoms in total. The first-order valence-electron chi connectivity index (χ1n) is 14.6. The fourth-order valence-electron chi connectivity index (χ4n) is 5.15. The summed E-state index contributed by atoms with van der Waals surface area (Å²) in [5, 5.41) is 0. The van der Waals surface area contributed by atoms with Crippen LogP contribution in [0.2, 0.25) is 0 Å². The smallest absolute Gasteiger partial charge is 0.339 e. The number of nitrogen functional groups attached to an aromatic ring is 1. The second kappa shape index (κ2) is 12.9. The summed E-state index contributed by atoms with van der Waals surface area (Å²) in [4.78, 5) is 41.1. The number of nitrogens with two attached hydrogens (primary N) is 1. The molecule has 3 heterocycles. The van der Waals surface area contributed by atoms with E-state index < -0.39 is 0 Å². The van der Waals surface area contributed by atoms with Gasteiger partial charge in [-0.1, -0.05) is 56.4 Å². The van der Waals surface area contributed by atoms with E-state index >= 15 is 0 Å². The number of anilines is 1. The lowest BCUT2D eigenvalue weighted by Crippen LogP contribution is -2.16. The number of aromatic nitrogens is 3. The molecule has 2 aromatic carbocycles. The Hall–Kier alpha value is -3.76. The van der Waals surface area contributed by atoms with Gasteiger partial charge in [-0.05, 0) is 78.1 Å². The number of carbonyl (C=O) groups is 1. The monoisotopic (exact) mass is 618 g/mol. The van der Waals surface area contributed by atoms with Crippen molar-refractivity contribution in [1.29, 1.82) is 0 Å². The highest BCUT2D eigenvalue weighted by Gasteiger charge is 2.26. The number of pyridine rings is 1. The number of esters is 1. The zero-order chi connectivity index (χ0) is 30.8. The Morgan fingerprint density at radius 3 is 2.07 bits per heavy atom. The maximum Gasteiger partial charge on any atom is 0.339 e. The molecule has 43 heavy (non-hydrogen) atoms. The average molecular weight is 619 g/mol. The predicted molar refractivity (Wildman–Crippen MR) is 177 cm³/mol. The third-order valence-corrected chi connectivity index (χ3v) is 9.22. The summed E-state index contributed by atoms with van der Waals surface area (Å²) in [7, 11) is 1.40. The fourth-order valence-corrected chi connectivity index (χ4v) is 7.06. The van der Waals surface area contributed by atoms with Crippen LogP contribution in [-0.2, 0) is 24.2 Å². The summed E-state index contributed by atoms with van der Waals surface area (Å²) in [6.07, 6.45) is 4.73. The van der Waals surface area contributed by atoms with Crippen molar-refractivity contribution in [3.8, 4) is 0 Å². The van der Waals surface area contributed by atoms with Gasteiger partial charge in [0.15, 0.2) is 0 Å². The Kier molecular flexibility index (Phi) is 9.17. The van der Waals surface area contributed by atoms with Crippen molar-refractivity contribution in [2.45, 2.75) is 66.0 Å². The highest BCUT2D eigenvalue weighted by Crippen LogP contribution is 2.40. The van der Waals surface area contributed by atoms with Crippen LogP contribution in [-0.4, -0.2) is 27.2 Å². The van der Waals surface area contributed by atoms with E-state index in [0.29, 0.717) is 41.1 Å².